The zero-order valence-corrected chi connectivity index (χ0v) is 24.2. The molecule has 3 aromatic heterocycles. The fraction of sp³-hybridized carbons (Fsp3) is 0.259. The van der Waals surface area contributed by atoms with Crippen molar-refractivity contribution in [3.05, 3.63) is 81.0 Å². The number of aromatic nitrogens is 4. The summed E-state index contributed by atoms with van der Waals surface area (Å²) in [6.45, 7) is 7.74. The molecule has 0 aliphatic heterocycles. The van der Waals surface area contributed by atoms with Gasteiger partial charge in [-0.3, -0.25) is 19.1 Å². The molecule has 4 aromatic rings. The van der Waals surface area contributed by atoms with Gasteiger partial charge in [-0.2, -0.15) is 0 Å². The molecule has 0 aliphatic rings. The third kappa shape index (κ3) is 6.84. The molecule has 14 heteroatoms. The summed E-state index contributed by atoms with van der Waals surface area (Å²) < 4.78 is 11.8. The first-order valence-corrected chi connectivity index (χ1v) is 13.1. The lowest BCUT2D eigenvalue weighted by molar-refractivity contribution is 0.0244. The van der Waals surface area contributed by atoms with Crippen LogP contribution < -0.4 is 16.6 Å². The van der Waals surface area contributed by atoms with Crippen molar-refractivity contribution in [2.45, 2.75) is 39.8 Å². The molecule has 0 bridgehead atoms. The predicted octanol–water partition coefficient (Wildman–Crippen LogP) is 5.18. The van der Waals surface area contributed by atoms with Gasteiger partial charge in [-0.15, -0.1) is 0 Å². The van der Waals surface area contributed by atoms with Gasteiger partial charge in [0, 0.05) is 18.3 Å². The van der Waals surface area contributed by atoms with Crippen molar-refractivity contribution < 1.29 is 18.7 Å². The summed E-state index contributed by atoms with van der Waals surface area (Å²) in [7, 11) is 0. The molecule has 214 valence electrons. The molecule has 1 aromatic carbocycles. The normalized spacial score (nSPS) is 11.3. The first-order valence-electron chi connectivity index (χ1n) is 12.4. The highest BCUT2D eigenvalue weighted by molar-refractivity contribution is 6.38. The third-order valence-electron chi connectivity index (χ3n) is 5.66. The number of benzene rings is 1. The van der Waals surface area contributed by atoms with Crippen LogP contribution in [0.3, 0.4) is 0 Å². The van der Waals surface area contributed by atoms with E-state index in [2.05, 4.69) is 20.3 Å². The van der Waals surface area contributed by atoms with Crippen LogP contribution in [-0.4, -0.2) is 48.6 Å². The Morgan fingerprint density at radius 2 is 1.83 bits per heavy atom. The molecule has 41 heavy (non-hydrogen) atoms. The van der Waals surface area contributed by atoms with Gasteiger partial charge in [0.15, 0.2) is 12.2 Å². The number of rotatable bonds is 7. The Balaban J connectivity index is 1.60. The average molecular weight is 600 g/mol. The Hall–Kier alpha value is -4.42. The van der Waals surface area contributed by atoms with Crippen LogP contribution in [0, 0.1) is 0 Å². The number of hydrogen-bond acceptors (Lipinski definition) is 9. The maximum absolute atomic E-state index is 13.4. The van der Waals surface area contributed by atoms with Gasteiger partial charge in [-0.25, -0.2) is 14.8 Å². The van der Waals surface area contributed by atoms with E-state index in [1.165, 1.54) is 23.7 Å². The fourth-order valence-corrected chi connectivity index (χ4v) is 4.49. The van der Waals surface area contributed by atoms with Crippen molar-refractivity contribution in [3.63, 3.8) is 0 Å². The van der Waals surface area contributed by atoms with Crippen LogP contribution >= 0.6 is 23.2 Å². The van der Waals surface area contributed by atoms with Gasteiger partial charge in [0.2, 0.25) is 0 Å². The molecule has 0 saturated carbocycles. The van der Waals surface area contributed by atoms with Crippen molar-refractivity contribution in [1.82, 2.24) is 24.4 Å². The van der Waals surface area contributed by atoms with Gasteiger partial charge in [0.1, 0.15) is 23.3 Å². The van der Waals surface area contributed by atoms with Crippen LogP contribution in [0.2, 0.25) is 10.0 Å². The zero-order valence-electron chi connectivity index (χ0n) is 22.6. The fourth-order valence-electron chi connectivity index (χ4n) is 3.82. The van der Waals surface area contributed by atoms with Gasteiger partial charge < -0.3 is 25.1 Å². The van der Waals surface area contributed by atoms with E-state index in [1.54, 1.807) is 45.2 Å². The second kappa shape index (κ2) is 12.0. The molecule has 0 unspecified atom stereocenters. The number of nitrogens with zero attached hydrogens (tertiary/aromatic N) is 5. The first-order chi connectivity index (χ1) is 19.4. The van der Waals surface area contributed by atoms with Crippen LogP contribution in [0.25, 0.3) is 17.0 Å². The Morgan fingerprint density at radius 1 is 1.12 bits per heavy atom. The van der Waals surface area contributed by atoms with E-state index >= 15 is 0 Å². The molecular formula is C27H27Cl2N7O5. The second-order valence-electron chi connectivity index (χ2n) is 9.86. The molecule has 2 amide bonds. The number of oxazole rings is 1. The second-order valence-corrected chi connectivity index (χ2v) is 10.7. The topological polar surface area (TPSA) is 158 Å². The maximum Gasteiger partial charge on any atom is 0.410 e. The predicted molar refractivity (Wildman–Crippen MR) is 154 cm³/mol. The average Bonchev–Trinajstić information content (AvgIpc) is 3.42. The standard InChI is InChI=1S/C27H27Cl2N7O5/c1-5-35(26(39)41-27(2,3)4)12-15-6-17(10-31-9-15)34-24(37)21-23(30)33-13-36(25(21)38)22-18(28)7-16(8-19(22)29)20-11-32-14-40-20/h6-11,13-14H,5,12,30H2,1-4H3,(H,34,37). The number of amides is 2. The van der Waals surface area contributed by atoms with Crippen molar-refractivity contribution in [1.29, 1.82) is 0 Å². The van der Waals surface area contributed by atoms with Crippen molar-refractivity contribution in [3.8, 4) is 17.0 Å². The molecule has 0 saturated heterocycles. The summed E-state index contributed by atoms with van der Waals surface area (Å²) in [5, 5.41) is 2.83. The third-order valence-corrected chi connectivity index (χ3v) is 6.24. The lowest BCUT2D eigenvalue weighted by Crippen LogP contribution is -2.36. The van der Waals surface area contributed by atoms with Crippen molar-refractivity contribution in [2.24, 2.45) is 0 Å². The van der Waals surface area contributed by atoms with E-state index in [0.29, 0.717) is 23.4 Å². The van der Waals surface area contributed by atoms with E-state index in [0.717, 1.165) is 10.9 Å². The number of ether oxygens (including phenoxy) is 1. The number of carbonyl (C=O) groups is 2. The molecule has 0 aliphatic carbocycles. The number of nitrogens with one attached hydrogen (secondary N) is 1. The quantitative estimate of drug-likeness (QED) is 0.291. The summed E-state index contributed by atoms with van der Waals surface area (Å²) in [5.41, 5.74) is 5.61. The van der Waals surface area contributed by atoms with Gasteiger partial charge in [0.05, 0.1) is 40.4 Å². The van der Waals surface area contributed by atoms with Crippen molar-refractivity contribution in [2.75, 3.05) is 17.6 Å². The molecule has 4 rings (SSSR count). The summed E-state index contributed by atoms with van der Waals surface area (Å²) in [4.78, 5) is 52.7. The molecule has 0 fully saturated rings. The summed E-state index contributed by atoms with van der Waals surface area (Å²) in [6, 6.07) is 4.71. The maximum atomic E-state index is 13.4. The molecule has 0 atom stereocenters. The van der Waals surface area contributed by atoms with E-state index in [4.69, 9.17) is 38.1 Å². The largest absolute Gasteiger partial charge is 0.444 e. The highest BCUT2D eigenvalue weighted by Crippen LogP contribution is 2.33. The van der Waals surface area contributed by atoms with E-state index in [1.807, 2.05) is 6.92 Å². The number of anilines is 2. The van der Waals surface area contributed by atoms with Gasteiger partial charge in [-0.1, -0.05) is 23.2 Å². The first kappa shape index (κ1) is 29.6. The van der Waals surface area contributed by atoms with Crippen LogP contribution in [0.1, 0.15) is 43.6 Å². The molecular weight excluding hydrogens is 573 g/mol. The van der Waals surface area contributed by atoms with E-state index < -0.39 is 28.7 Å². The molecule has 12 nitrogen and oxygen atoms in total. The number of nitrogens with two attached hydrogens (primary N) is 1. The Morgan fingerprint density at radius 3 is 2.44 bits per heavy atom. The van der Waals surface area contributed by atoms with Gasteiger partial charge in [0.25, 0.3) is 11.5 Å². The molecule has 0 radical (unpaired) electrons. The number of nitrogen functional groups attached to an aromatic ring is 1. The SMILES string of the molecule is CCN(Cc1cncc(NC(=O)c2c(N)ncn(-c3c(Cl)cc(-c4cnco4)cc3Cl)c2=O)c1)C(=O)OC(C)(C)C. The van der Waals surface area contributed by atoms with Crippen molar-refractivity contribution >= 4 is 46.7 Å². The lowest BCUT2D eigenvalue weighted by atomic mass is 10.1. The monoisotopic (exact) mass is 599 g/mol. The summed E-state index contributed by atoms with van der Waals surface area (Å²) >= 11 is 13.0. The Bertz CT molecular complexity index is 1630. The molecule has 3 N–H and O–H groups in total. The Kier molecular flexibility index (Phi) is 8.64. The van der Waals surface area contributed by atoms with Crippen LogP contribution in [0.15, 0.2) is 58.7 Å². The molecule has 3 heterocycles. The molecule has 0 spiro atoms. The summed E-state index contributed by atoms with van der Waals surface area (Å²) in [6.07, 6.45) is 6.35. The number of carbonyl (C=O) groups excluding carboxylic acids is 2. The number of pyridine rings is 1. The highest BCUT2D eigenvalue weighted by Gasteiger charge is 2.23. The zero-order chi connectivity index (χ0) is 29.9. The minimum atomic E-state index is -0.821. The van der Waals surface area contributed by atoms with E-state index in [9.17, 15) is 14.4 Å². The minimum absolute atomic E-state index is 0.103. The highest BCUT2D eigenvalue weighted by atomic mass is 35.5. The number of hydrogen-bond donors (Lipinski definition) is 2. The minimum Gasteiger partial charge on any atom is -0.444 e. The number of halogens is 2. The smallest absolute Gasteiger partial charge is 0.410 e. The van der Waals surface area contributed by atoms with Crippen LogP contribution in [-0.2, 0) is 11.3 Å². The van der Waals surface area contributed by atoms with Gasteiger partial charge >= 0.3 is 6.09 Å². The van der Waals surface area contributed by atoms with Crippen LogP contribution in [0.4, 0.5) is 16.3 Å². The lowest BCUT2D eigenvalue weighted by Gasteiger charge is -2.26. The van der Waals surface area contributed by atoms with E-state index in [-0.39, 0.29) is 33.8 Å². The van der Waals surface area contributed by atoms with Gasteiger partial charge in [-0.05, 0) is 51.5 Å². The van der Waals surface area contributed by atoms with Crippen LogP contribution in [0.5, 0.6) is 0 Å². The Labute approximate surface area is 245 Å². The summed E-state index contributed by atoms with van der Waals surface area (Å²) in [5.74, 6) is -0.689.